The van der Waals surface area contributed by atoms with Crippen LogP contribution in [0.5, 0.6) is 0 Å². The van der Waals surface area contributed by atoms with E-state index in [1.807, 2.05) is 26.8 Å². The minimum absolute atomic E-state index is 0.0417. The Kier molecular flexibility index (Phi) is 2.66. The average molecular weight is 127 g/mol. The van der Waals surface area contributed by atoms with Gasteiger partial charge in [-0.1, -0.05) is 20.8 Å². The summed E-state index contributed by atoms with van der Waals surface area (Å²) in [5, 5.41) is 17.1. The number of nitrogens with zero attached hydrogens (tertiary/aromatic N) is 1. The lowest BCUT2D eigenvalue weighted by Gasteiger charge is -2.22. The van der Waals surface area contributed by atoms with Crippen molar-refractivity contribution in [1.29, 1.82) is 5.26 Å². The van der Waals surface area contributed by atoms with Gasteiger partial charge in [-0.2, -0.15) is 5.26 Å². The maximum atomic E-state index is 8.64. The van der Waals surface area contributed by atoms with Crippen molar-refractivity contribution in [3.05, 3.63) is 0 Å². The van der Waals surface area contributed by atoms with Crippen LogP contribution in [-0.4, -0.2) is 11.7 Å². The molecule has 0 rings (SSSR count). The molecule has 0 bridgehead atoms. The summed E-state index contributed by atoms with van der Waals surface area (Å²) in [6, 6.07) is 2.04. The van der Waals surface area contributed by atoms with E-state index in [1.165, 1.54) is 0 Å². The van der Waals surface area contributed by atoms with Crippen molar-refractivity contribution in [2.24, 2.45) is 11.3 Å². The lowest BCUT2D eigenvalue weighted by molar-refractivity contribution is 0.172. The molecule has 0 aliphatic rings. The number of hydrogen-bond donors (Lipinski definition) is 1. The largest absolute Gasteiger partial charge is 0.395 e. The molecule has 0 saturated heterocycles. The Balaban J connectivity index is 4.00. The topological polar surface area (TPSA) is 44.0 Å². The summed E-state index contributed by atoms with van der Waals surface area (Å²) in [5.74, 6) is -0.238. The Hall–Kier alpha value is -0.550. The highest BCUT2D eigenvalue weighted by Crippen LogP contribution is 2.23. The van der Waals surface area contributed by atoms with Crippen molar-refractivity contribution in [3.63, 3.8) is 0 Å². The molecular weight excluding hydrogens is 114 g/mol. The van der Waals surface area contributed by atoms with E-state index >= 15 is 0 Å². The van der Waals surface area contributed by atoms with Crippen molar-refractivity contribution in [2.75, 3.05) is 6.61 Å². The molecule has 1 unspecified atom stereocenters. The maximum Gasteiger partial charge on any atom is 0.0742 e. The molecule has 1 N–H and O–H groups in total. The minimum atomic E-state index is -0.238. The molecule has 0 fully saturated rings. The number of hydrogen-bond acceptors (Lipinski definition) is 2. The quantitative estimate of drug-likeness (QED) is 0.574. The molecule has 0 aromatic heterocycles. The Morgan fingerprint density at radius 2 is 2.00 bits per heavy atom. The van der Waals surface area contributed by atoms with Crippen LogP contribution in [0.4, 0.5) is 0 Å². The van der Waals surface area contributed by atoms with E-state index in [0.29, 0.717) is 0 Å². The summed E-state index contributed by atoms with van der Waals surface area (Å²) in [5.41, 5.74) is -0.0937. The van der Waals surface area contributed by atoms with E-state index in [-0.39, 0.29) is 17.9 Å². The van der Waals surface area contributed by atoms with E-state index in [9.17, 15) is 0 Å². The van der Waals surface area contributed by atoms with Crippen molar-refractivity contribution >= 4 is 0 Å². The standard InChI is InChI=1S/C7H13NO/c1-7(2,3)6(4-8)5-9/h6,9H,5H2,1-3H3. The average Bonchev–Trinajstić information content (AvgIpc) is 1.65. The lowest BCUT2D eigenvalue weighted by Crippen LogP contribution is -2.21. The Morgan fingerprint density at radius 3 is 2.00 bits per heavy atom. The zero-order chi connectivity index (χ0) is 7.49. The second-order valence-electron chi connectivity index (χ2n) is 3.23. The van der Waals surface area contributed by atoms with Gasteiger partial charge in [-0.25, -0.2) is 0 Å². The van der Waals surface area contributed by atoms with Gasteiger partial charge in [0.05, 0.1) is 18.6 Å². The lowest BCUT2D eigenvalue weighted by atomic mass is 9.82. The van der Waals surface area contributed by atoms with Gasteiger partial charge in [0.2, 0.25) is 0 Å². The van der Waals surface area contributed by atoms with E-state index in [4.69, 9.17) is 10.4 Å². The van der Waals surface area contributed by atoms with Gasteiger partial charge in [0.25, 0.3) is 0 Å². The molecule has 0 heterocycles. The third kappa shape index (κ3) is 2.48. The zero-order valence-electron chi connectivity index (χ0n) is 6.18. The molecule has 2 nitrogen and oxygen atoms in total. The number of nitriles is 1. The summed E-state index contributed by atoms with van der Waals surface area (Å²) in [4.78, 5) is 0. The van der Waals surface area contributed by atoms with Crippen LogP contribution in [-0.2, 0) is 0 Å². The first-order valence-corrected chi connectivity index (χ1v) is 3.03. The summed E-state index contributed by atoms with van der Waals surface area (Å²) < 4.78 is 0. The SMILES string of the molecule is CC(C)(C)C(C#N)CO. The monoisotopic (exact) mass is 127 g/mol. The molecule has 2 heteroatoms. The van der Waals surface area contributed by atoms with Gasteiger partial charge in [0.1, 0.15) is 0 Å². The fourth-order valence-corrected chi connectivity index (χ4v) is 0.508. The third-order valence-corrected chi connectivity index (χ3v) is 1.38. The number of aliphatic hydroxyl groups is 1. The maximum absolute atomic E-state index is 8.64. The highest BCUT2D eigenvalue weighted by Gasteiger charge is 2.22. The van der Waals surface area contributed by atoms with E-state index < -0.39 is 0 Å². The molecule has 0 aliphatic heterocycles. The van der Waals surface area contributed by atoms with Crippen LogP contribution in [0.2, 0.25) is 0 Å². The van der Waals surface area contributed by atoms with Crippen LogP contribution in [0.1, 0.15) is 20.8 Å². The molecule has 0 saturated carbocycles. The van der Waals surface area contributed by atoms with Gasteiger partial charge in [0, 0.05) is 0 Å². The van der Waals surface area contributed by atoms with E-state index in [0.717, 1.165) is 0 Å². The van der Waals surface area contributed by atoms with Crippen LogP contribution in [0.25, 0.3) is 0 Å². The molecule has 0 aromatic carbocycles. The van der Waals surface area contributed by atoms with Crippen LogP contribution in [0.3, 0.4) is 0 Å². The van der Waals surface area contributed by atoms with E-state index in [1.54, 1.807) is 0 Å². The van der Waals surface area contributed by atoms with Crippen molar-refractivity contribution in [3.8, 4) is 6.07 Å². The minimum Gasteiger partial charge on any atom is -0.395 e. The van der Waals surface area contributed by atoms with Crippen molar-refractivity contribution in [2.45, 2.75) is 20.8 Å². The van der Waals surface area contributed by atoms with Gasteiger partial charge in [0.15, 0.2) is 0 Å². The third-order valence-electron chi connectivity index (χ3n) is 1.38. The molecule has 0 amide bonds. The summed E-state index contributed by atoms with van der Waals surface area (Å²) >= 11 is 0. The van der Waals surface area contributed by atoms with Crippen LogP contribution < -0.4 is 0 Å². The molecule has 0 spiro atoms. The molecule has 1 atom stereocenters. The van der Waals surface area contributed by atoms with Gasteiger partial charge >= 0.3 is 0 Å². The number of rotatable bonds is 1. The fraction of sp³-hybridized carbons (Fsp3) is 0.857. The number of aliphatic hydroxyl groups excluding tert-OH is 1. The highest BCUT2D eigenvalue weighted by atomic mass is 16.3. The Labute approximate surface area is 56.1 Å². The first-order chi connectivity index (χ1) is 4.02. The molecule has 0 aliphatic carbocycles. The molecular formula is C7H13NO. The fourth-order valence-electron chi connectivity index (χ4n) is 0.508. The zero-order valence-corrected chi connectivity index (χ0v) is 6.18. The second kappa shape index (κ2) is 2.84. The van der Waals surface area contributed by atoms with Crippen molar-refractivity contribution < 1.29 is 5.11 Å². The molecule has 0 radical (unpaired) electrons. The van der Waals surface area contributed by atoms with Crippen LogP contribution >= 0.6 is 0 Å². The second-order valence-corrected chi connectivity index (χ2v) is 3.23. The smallest absolute Gasteiger partial charge is 0.0742 e. The predicted molar refractivity (Wildman–Crippen MR) is 35.6 cm³/mol. The predicted octanol–water partition coefficient (Wildman–Crippen LogP) is 1.16. The summed E-state index contributed by atoms with van der Waals surface area (Å²) in [7, 11) is 0. The molecule has 0 aromatic rings. The van der Waals surface area contributed by atoms with Gasteiger partial charge < -0.3 is 5.11 Å². The molecule has 52 valence electrons. The first-order valence-electron chi connectivity index (χ1n) is 3.03. The normalized spacial score (nSPS) is 14.6. The van der Waals surface area contributed by atoms with Gasteiger partial charge in [-0.05, 0) is 5.41 Å². The van der Waals surface area contributed by atoms with Gasteiger partial charge in [-0.15, -0.1) is 0 Å². The van der Waals surface area contributed by atoms with E-state index in [2.05, 4.69) is 0 Å². The van der Waals surface area contributed by atoms with Crippen molar-refractivity contribution in [1.82, 2.24) is 0 Å². The first kappa shape index (κ1) is 8.45. The molecule has 9 heavy (non-hydrogen) atoms. The Morgan fingerprint density at radius 1 is 1.56 bits per heavy atom. The summed E-state index contributed by atoms with van der Waals surface area (Å²) in [6.45, 7) is 5.78. The van der Waals surface area contributed by atoms with Crippen LogP contribution in [0.15, 0.2) is 0 Å². The highest BCUT2D eigenvalue weighted by molar-refractivity contribution is 4.90. The summed E-state index contributed by atoms with van der Waals surface area (Å²) in [6.07, 6.45) is 0. The Bertz CT molecular complexity index is 118. The van der Waals surface area contributed by atoms with Gasteiger partial charge in [-0.3, -0.25) is 0 Å². The van der Waals surface area contributed by atoms with Crippen LogP contribution in [0, 0.1) is 22.7 Å².